The average molecular weight is 297 g/mol. The lowest BCUT2D eigenvalue weighted by Crippen LogP contribution is -2.11. The minimum Gasteiger partial charge on any atom is -0.313 e. The van der Waals surface area contributed by atoms with Crippen LogP contribution in [0.25, 0.3) is 22.2 Å². The van der Waals surface area contributed by atoms with E-state index in [2.05, 4.69) is 30.4 Å². The van der Waals surface area contributed by atoms with E-state index in [1.165, 1.54) is 5.56 Å². The smallest absolute Gasteiger partial charge is 0.0724 e. The number of nitrogens with zero attached hydrogens (tertiary/aromatic N) is 1. The molecule has 0 bridgehead atoms. The largest absolute Gasteiger partial charge is 0.313 e. The summed E-state index contributed by atoms with van der Waals surface area (Å²) in [6.07, 6.45) is 0. The van der Waals surface area contributed by atoms with Crippen LogP contribution in [0.3, 0.4) is 0 Å². The number of para-hydroxylation sites is 1. The molecule has 0 aliphatic carbocycles. The van der Waals surface area contributed by atoms with Crippen molar-refractivity contribution in [1.82, 2.24) is 10.3 Å². The molecule has 2 nitrogen and oxygen atoms in total. The first-order chi connectivity index (χ1) is 10.3. The molecule has 0 atom stereocenters. The van der Waals surface area contributed by atoms with Crippen LogP contribution in [0.15, 0.2) is 54.6 Å². The summed E-state index contributed by atoms with van der Waals surface area (Å²) in [5.74, 6) is 0. The van der Waals surface area contributed by atoms with E-state index < -0.39 is 0 Å². The maximum absolute atomic E-state index is 6.43. The van der Waals surface area contributed by atoms with E-state index >= 15 is 0 Å². The zero-order valence-electron chi connectivity index (χ0n) is 11.9. The second-order valence-corrected chi connectivity index (χ2v) is 5.39. The van der Waals surface area contributed by atoms with Gasteiger partial charge in [0.2, 0.25) is 0 Å². The Hall–Kier alpha value is -1.90. The summed E-state index contributed by atoms with van der Waals surface area (Å²) in [6.45, 7) is 3.88. The molecule has 21 heavy (non-hydrogen) atoms. The number of fused-ring (bicyclic) bond motifs is 1. The lowest BCUT2D eigenvalue weighted by Gasteiger charge is -2.08. The molecule has 0 radical (unpaired) electrons. The van der Waals surface area contributed by atoms with Gasteiger partial charge < -0.3 is 5.32 Å². The number of nitrogens with one attached hydrogen (secondary N) is 1. The molecule has 0 spiro atoms. The van der Waals surface area contributed by atoms with Crippen LogP contribution in [0.1, 0.15) is 12.5 Å². The number of aromatic nitrogens is 1. The number of hydrogen-bond acceptors (Lipinski definition) is 2. The van der Waals surface area contributed by atoms with E-state index in [1.54, 1.807) is 0 Å². The summed E-state index contributed by atoms with van der Waals surface area (Å²) in [6, 6.07) is 18.4. The molecule has 0 aliphatic heterocycles. The molecule has 0 fully saturated rings. The fourth-order valence-electron chi connectivity index (χ4n) is 2.36. The highest BCUT2D eigenvalue weighted by Gasteiger charge is 2.07. The van der Waals surface area contributed by atoms with Gasteiger partial charge in [-0.3, -0.25) is 0 Å². The van der Waals surface area contributed by atoms with Crippen LogP contribution in [-0.2, 0) is 6.54 Å². The molecule has 0 aliphatic rings. The Labute approximate surface area is 129 Å². The summed E-state index contributed by atoms with van der Waals surface area (Å²) in [5.41, 5.74) is 4.06. The van der Waals surface area contributed by atoms with E-state index in [0.717, 1.165) is 40.3 Å². The molecule has 2 aromatic carbocycles. The number of pyridine rings is 1. The predicted molar refractivity (Wildman–Crippen MR) is 89.6 cm³/mol. The predicted octanol–water partition coefficient (Wildman–Crippen LogP) is 4.66. The van der Waals surface area contributed by atoms with Crippen molar-refractivity contribution in [3.05, 3.63) is 65.2 Å². The van der Waals surface area contributed by atoms with Gasteiger partial charge in [0.05, 0.1) is 16.2 Å². The Morgan fingerprint density at radius 2 is 1.90 bits per heavy atom. The van der Waals surface area contributed by atoms with Crippen LogP contribution in [0.2, 0.25) is 5.02 Å². The summed E-state index contributed by atoms with van der Waals surface area (Å²) in [5, 5.41) is 5.18. The first kappa shape index (κ1) is 14.1. The lowest BCUT2D eigenvalue weighted by atomic mass is 10.1. The monoisotopic (exact) mass is 296 g/mol. The number of hydrogen-bond donors (Lipinski definition) is 1. The molecular formula is C18H17ClN2. The van der Waals surface area contributed by atoms with E-state index in [0.29, 0.717) is 0 Å². The highest BCUT2D eigenvalue weighted by molar-refractivity contribution is 6.33. The molecule has 3 aromatic rings. The van der Waals surface area contributed by atoms with E-state index in [4.69, 9.17) is 16.6 Å². The van der Waals surface area contributed by atoms with Crippen molar-refractivity contribution in [2.45, 2.75) is 13.5 Å². The van der Waals surface area contributed by atoms with E-state index in [1.807, 2.05) is 36.4 Å². The van der Waals surface area contributed by atoms with Crippen molar-refractivity contribution in [1.29, 1.82) is 0 Å². The standard InChI is InChI=1S/C18H17ClN2/c1-2-20-12-13-7-9-15(16(19)11-13)18-10-8-14-5-3-4-6-17(14)21-18/h3-11,20H,2,12H2,1H3. The van der Waals surface area contributed by atoms with Crippen LogP contribution in [-0.4, -0.2) is 11.5 Å². The summed E-state index contributed by atoms with van der Waals surface area (Å²) in [7, 11) is 0. The second-order valence-electron chi connectivity index (χ2n) is 4.98. The summed E-state index contributed by atoms with van der Waals surface area (Å²) < 4.78 is 0. The quantitative estimate of drug-likeness (QED) is 0.757. The van der Waals surface area contributed by atoms with Crippen molar-refractivity contribution >= 4 is 22.5 Å². The maximum atomic E-state index is 6.43. The van der Waals surface area contributed by atoms with Crippen LogP contribution in [0.4, 0.5) is 0 Å². The lowest BCUT2D eigenvalue weighted by molar-refractivity contribution is 0.727. The summed E-state index contributed by atoms with van der Waals surface area (Å²) in [4.78, 5) is 4.70. The Morgan fingerprint density at radius 1 is 1.05 bits per heavy atom. The van der Waals surface area contributed by atoms with Crippen LogP contribution >= 0.6 is 11.6 Å². The van der Waals surface area contributed by atoms with Crippen LogP contribution in [0.5, 0.6) is 0 Å². The first-order valence-electron chi connectivity index (χ1n) is 7.13. The Kier molecular flexibility index (Phi) is 4.18. The maximum Gasteiger partial charge on any atom is 0.0724 e. The van der Waals surface area contributed by atoms with Gasteiger partial charge in [-0.05, 0) is 30.3 Å². The Bertz CT molecular complexity index is 768. The van der Waals surface area contributed by atoms with Gasteiger partial charge in [0.15, 0.2) is 0 Å². The zero-order valence-corrected chi connectivity index (χ0v) is 12.7. The second kappa shape index (κ2) is 6.25. The van der Waals surface area contributed by atoms with Crippen molar-refractivity contribution in [2.75, 3.05) is 6.54 Å². The fourth-order valence-corrected chi connectivity index (χ4v) is 2.66. The normalized spacial score (nSPS) is 11.0. The zero-order chi connectivity index (χ0) is 14.7. The molecule has 0 saturated heterocycles. The third-order valence-corrected chi connectivity index (χ3v) is 3.80. The van der Waals surface area contributed by atoms with Gasteiger partial charge in [-0.25, -0.2) is 4.98 Å². The Morgan fingerprint density at radius 3 is 2.71 bits per heavy atom. The van der Waals surface area contributed by atoms with Gasteiger partial charge in [0, 0.05) is 17.5 Å². The minimum atomic E-state index is 0.744. The van der Waals surface area contributed by atoms with E-state index in [9.17, 15) is 0 Å². The third-order valence-electron chi connectivity index (χ3n) is 3.49. The van der Waals surface area contributed by atoms with E-state index in [-0.39, 0.29) is 0 Å². The van der Waals surface area contributed by atoms with Crippen molar-refractivity contribution < 1.29 is 0 Å². The van der Waals surface area contributed by atoms with Gasteiger partial charge in [-0.1, -0.05) is 54.9 Å². The van der Waals surface area contributed by atoms with Crippen LogP contribution in [0, 0.1) is 0 Å². The van der Waals surface area contributed by atoms with Gasteiger partial charge in [0.25, 0.3) is 0 Å². The minimum absolute atomic E-state index is 0.744. The fraction of sp³-hybridized carbons (Fsp3) is 0.167. The van der Waals surface area contributed by atoms with Gasteiger partial charge in [0.1, 0.15) is 0 Å². The first-order valence-corrected chi connectivity index (χ1v) is 7.51. The third kappa shape index (κ3) is 3.07. The SMILES string of the molecule is CCNCc1ccc(-c2ccc3ccccc3n2)c(Cl)c1. The van der Waals surface area contributed by atoms with Crippen molar-refractivity contribution in [3.63, 3.8) is 0 Å². The van der Waals surface area contributed by atoms with Crippen molar-refractivity contribution in [3.8, 4) is 11.3 Å². The highest BCUT2D eigenvalue weighted by atomic mass is 35.5. The number of halogens is 1. The molecular weight excluding hydrogens is 280 g/mol. The molecule has 3 heteroatoms. The number of rotatable bonds is 4. The molecule has 0 amide bonds. The average Bonchev–Trinajstić information content (AvgIpc) is 2.52. The molecule has 106 valence electrons. The Balaban J connectivity index is 1.98. The molecule has 0 unspecified atom stereocenters. The molecule has 1 N–H and O–H groups in total. The van der Waals surface area contributed by atoms with Gasteiger partial charge >= 0.3 is 0 Å². The molecule has 1 heterocycles. The number of benzene rings is 2. The van der Waals surface area contributed by atoms with Crippen molar-refractivity contribution in [2.24, 2.45) is 0 Å². The molecule has 1 aromatic heterocycles. The highest BCUT2D eigenvalue weighted by Crippen LogP contribution is 2.28. The van der Waals surface area contributed by atoms with Gasteiger partial charge in [-0.2, -0.15) is 0 Å². The molecule has 0 saturated carbocycles. The topological polar surface area (TPSA) is 24.9 Å². The summed E-state index contributed by atoms with van der Waals surface area (Å²) >= 11 is 6.43. The van der Waals surface area contributed by atoms with Crippen LogP contribution < -0.4 is 5.32 Å². The van der Waals surface area contributed by atoms with Gasteiger partial charge in [-0.15, -0.1) is 0 Å². The molecule has 3 rings (SSSR count).